The van der Waals surface area contributed by atoms with E-state index in [4.69, 9.17) is 5.26 Å². The summed E-state index contributed by atoms with van der Waals surface area (Å²) in [5, 5.41) is 13.7. The molecule has 0 unspecified atom stereocenters. The fourth-order valence-corrected chi connectivity index (χ4v) is 2.61. The van der Waals surface area contributed by atoms with Gasteiger partial charge in [-0.15, -0.1) is 0 Å². The molecule has 1 aromatic heterocycles. The van der Waals surface area contributed by atoms with Crippen molar-refractivity contribution in [3.63, 3.8) is 0 Å². The average Bonchev–Trinajstić information content (AvgIpc) is 2.88. The van der Waals surface area contributed by atoms with Crippen molar-refractivity contribution < 1.29 is 0 Å². The number of aryl methyl sites for hydroxylation is 1. The maximum absolute atomic E-state index is 12.3. The second kappa shape index (κ2) is 4.19. The number of aromatic nitrogens is 1. The molecule has 1 aromatic carbocycles. The molecule has 4 nitrogen and oxygen atoms in total. The molecule has 18 heavy (non-hydrogen) atoms. The zero-order valence-electron chi connectivity index (χ0n) is 9.94. The maximum Gasteiger partial charge on any atom is 0.260 e. The van der Waals surface area contributed by atoms with Crippen molar-refractivity contribution in [3.05, 3.63) is 40.2 Å². The fourth-order valence-electron chi connectivity index (χ4n) is 2.61. The van der Waals surface area contributed by atoms with Crippen LogP contribution in [0.15, 0.2) is 29.1 Å². The smallest absolute Gasteiger partial charge is 0.260 e. The zero-order chi connectivity index (χ0) is 12.5. The second-order valence-corrected chi connectivity index (χ2v) is 4.41. The number of rotatable bonds is 2. The summed E-state index contributed by atoms with van der Waals surface area (Å²) in [5.41, 5.74) is 1.15. The van der Waals surface area contributed by atoms with Gasteiger partial charge in [0.2, 0.25) is 0 Å². The second-order valence-electron chi connectivity index (χ2n) is 4.41. The van der Waals surface area contributed by atoms with Crippen molar-refractivity contribution in [2.24, 2.45) is 0 Å². The number of hydrogen-bond donors (Lipinski definition) is 1. The minimum Gasteiger partial charge on any atom is -0.369 e. The van der Waals surface area contributed by atoms with Gasteiger partial charge in [-0.05, 0) is 17.9 Å². The Morgan fingerprint density at radius 2 is 2.11 bits per heavy atom. The molecule has 1 aliphatic rings. The Labute approximate surface area is 104 Å². The van der Waals surface area contributed by atoms with E-state index >= 15 is 0 Å². The van der Waals surface area contributed by atoms with E-state index in [0.717, 1.165) is 28.7 Å². The summed E-state index contributed by atoms with van der Waals surface area (Å²) in [5.74, 6) is 0.897. The SMILES string of the molecule is N#CCCc1c2n(c(=O)c3ccccc13)CCN2. The first-order valence-electron chi connectivity index (χ1n) is 6.08. The number of nitriles is 1. The van der Waals surface area contributed by atoms with Crippen LogP contribution in [-0.4, -0.2) is 11.1 Å². The average molecular weight is 239 g/mol. The summed E-state index contributed by atoms with van der Waals surface area (Å²) >= 11 is 0. The highest BCUT2D eigenvalue weighted by atomic mass is 16.1. The van der Waals surface area contributed by atoms with Gasteiger partial charge in [0.1, 0.15) is 5.82 Å². The van der Waals surface area contributed by atoms with E-state index < -0.39 is 0 Å². The maximum atomic E-state index is 12.3. The highest BCUT2D eigenvalue weighted by Gasteiger charge is 2.19. The van der Waals surface area contributed by atoms with Crippen LogP contribution in [0.5, 0.6) is 0 Å². The normalized spacial score (nSPS) is 13.1. The third kappa shape index (κ3) is 1.48. The van der Waals surface area contributed by atoms with E-state index in [1.54, 1.807) is 4.57 Å². The van der Waals surface area contributed by atoms with Crippen molar-refractivity contribution in [1.82, 2.24) is 4.57 Å². The molecule has 0 saturated carbocycles. The number of benzene rings is 1. The fraction of sp³-hybridized carbons (Fsp3) is 0.286. The molecule has 0 saturated heterocycles. The summed E-state index contributed by atoms with van der Waals surface area (Å²) in [6, 6.07) is 9.81. The van der Waals surface area contributed by atoms with Crippen LogP contribution in [0, 0.1) is 11.3 Å². The van der Waals surface area contributed by atoms with Gasteiger partial charge in [-0.25, -0.2) is 0 Å². The Morgan fingerprint density at radius 3 is 2.89 bits per heavy atom. The summed E-state index contributed by atoms with van der Waals surface area (Å²) < 4.78 is 1.79. The Hall–Kier alpha value is -2.28. The Morgan fingerprint density at radius 1 is 1.33 bits per heavy atom. The summed E-state index contributed by atoms with van der Waals surface area (Å²) in [6.07, 6.45) is 1.15. The molecule has 4 heteroatoms. The molecule has 1 N–H and O–H groups in total. The Balaban J connectivity index is 2.35. The highest BCUT2D eigenvalue weighted by Crippen LogP contribution is 2.27. The van der Waals surface area contributed by atoms with Gasteiger partial charge in [0, 0.05) is 30.5 Å². The van der Waals surface area contributed by atoms with E-state index in [0.29, 0.717) is 19.4 Å². The number of fused-ring (bicyclic) bond motifs is 2. The Kier molecular flexibility index (Phi) is 2.52. The minimum absolute atomic E-state index is 0.0614. The first-order valence-corrected chi connectivity index (χ1v) is 6.08. The van der Waals surface area contributed by atoms with E-state index in [1.165, 1.54) is 0 Å². The van der Waals surface area contributed by atoms with Gasteiger partial charge >= 0.3 is 0 Å². The molecule has 0 bridgehead atoms. The van der Waals surface area contributed by atoms with Crippen LogP contribution in [0.1, 0.15) is 12.0 Å². The van der Waals surface area contributed by atoms with Gasteiger partial charge in [0.25, 0.3) is 5.56 Å². The number of hydrogen-bond acceptors (Lipinski definition) is 3. The lowest BCUT2D eigenvalue weighted by atomic mass is 10.0. The first kappa shape index (κ1) is 10.8. The predicted molar refractivity (Wildman–Crippen MR) is 70.6 cm³/mol. The molecule has 2 heterocycles. The van der Waals surface area contributed by atoms with Crippen LogP contribution in [0.4, 0.5) is 5.82 Å². The van der Waals surface area contributed by atoms with Crippen molar-refractivity contribution in [1.29, 1.82) is 5.26 Å². The van der Waals surface area contributed by atoms with Crippen LogP contribution in [0.2, 0.25) is 0 Å². The molecule has 1 aliphatic heterocycles. The van der Waals surface area contributed by atoms with Crippen LogP contribution in [0.25, 0.3) is 10.8 Å². The highest BCUT2D eigenvalue weighted by molar-refractivity contribution is 5.88. The van der Waals surface area contributed by atoms with Gasteiger partial charge < -0.3 is 5.32 Å². The zero-order valence-corrected chi connectivity index (χ0v) is 9.94. The third-order valence-corrected chi connectivity index (χ3v) is 3.40. The van der Waals surface area contributed by atoms with Crippen molar-refractivity contribution >= 4 is 16.6 Å². The molecule has 0 atom stereocenters. The van der Waals surface area contributed by atoms with Crippen LogP contribution < -0.4 is 10.9 Å². The molecule has 0 fully saturated rings. The van der Waals surface area contributed by atoms with E-state index in [9.17, 15) is 4.79 Å². The summed E-state index contributed by atoms with van der Waals surface area (Å²) in [6.45, 7) is 1.49. The van der Waals surface area contributed by atoms with Gasteiger partial charge in [-0.1, -0.05) is 18.2 Å². The molecular formula is C14H13N3O. The molecule has 90 valence electrons. The first-order chi connectivity index (χ1) is 8.83. The lowest BCUT2D eigenvalue weighted by Crippen LogP contribution is -2.19. The lowest BCUT2D eigenvalue weighted by Gasteiger charge is -2.12. The minimum atomic E-state index is 0.0614. The standard InChI is InChI=1S/C14H13N3O/c15-7-3-6-11-10-4-1-2-5-12(10)14(18)17-9-8-16-13(11)17/h1-2,4-5,16H,3,6,8-9H2. The van der Waals surface area contributed by atoms with Gasteiger partial charge in [-0.3, -0.25) is 9.36 Å². The number of anilines is 1. The van der Waals surface area contributed by atoms with Gasteiger partial charge in [0.05, 0.1) is 6.07 Å². The molecule has 0 aliphatic carbocycles. The van der Waals surface area contributed by atoms with E-state index in [-0.39, 0.29) is 5.56 Å². The molecule has 3 rings (SSSR count). The van der Waals surface area contributed by atoms with Crippen molar-refractivity contribution in [3.8, 4) is 6.07 Å². The van der Waals surface area contributed by atoms with Gasteiger partial charge in [-0.2, -0.15) is 5.26 Å². The molecule has 0 spiro atoms. The largest absolute Gasteiger partial charge is 0.369 e. The van der Waals surface area contributed by atoms with Crippen LogP contribution in [-0.2, 0) is 13.0 Å². The van der Waals surface area contributed by atoms with Crippen molar-refractivity contribution in [2.45, 2.75) is 19.4 Å². The number of nitrogens with one attached hydrogen (secondary N) is 1. The van der Waals surface area contributed by atoms with Gasteiger partial charge in [0.15, 0.2) is 0 Å². The lowest BCUT2D eigenvalue weighted by molar-refractivity contribution is 0.775. The predicted octanol–water partition coefficient (Wildman–Crippen LogP) is 1.88. The number of nitrogens with zero attached hydrogens (tertiary/aromatic N) is 2. The summed E-state index contributed by atoms with van der Waals surface area (Å²) in [7, 11) is 0. The van der Waals surface area contributed by atoms with Crippen LogP contribution in [0.3, 0.4) is 0 Å². The monoisotopic (exact) mass is 239 g/mol. The molecule has 0 radical (unpaired) electrons. The van der Waals surface area contributed by atoms with Crippen LogP contribution >= 0.6 is 0 Å². The quantitative estimate of drug-likeness (QED) is 0.870. The molecular weight excluding hydrogens is 226 g/mol. The van der Waals surface area contributed by atoms with E-state index in [1.807, 2.05) is 24.3 Å². The van der Waals surface area contributed by atoms with E-state index in [2.05, 4.69) is 11.4 Å². The number of pyridine rings is 1. The Bertz CT molecular complexity index is 709. The van der Waals surface area contributed by atoms with Crippen molar-refractivity contribution in [2.75, 3.05) is 11.9 Å². The summed E-state index contributed by atoms with van der Waals surface area (Å²) in [4.78, 5) is 12.3. The third-order valence-electron chi connectivity index (χ3n) is 3.40. The molecule has 2 aromatic rings. The molecule has 0 amide bonds. The topological polar surface area (TPSA) is 57.8 Å².